The van der Waals surface area contributed by atoms with Gasteiger partial charge in [-0.05, 0) is 37.0 Å². The summed E-state index contributed by atoms with van der Waals surface area (Å²) in [7, 11) is 0. The first-order chi connectivity index (χ1) is 12.7. The van der Waals surface area contributed by atoms with E-state index in [-0.39, 0.29) is 16.7 Å². The van der Waals surface area contributed by atoms with Gasteiger partial charge in [0.25, 0.3) is 5.56 Å². The molecule has 2 aromatic rings. The molecule has 142 valence electrons. The average Bonchev–Trinajstić information content (AvgIpc) is 3.03. The SMILES string of the molecule is C=C=c1/c(=C2/Sc3ccc(C(C)(C)C)cc3S2)c(=O)n(CC)c(=O)n1CC. The highest BCUT2D eigenvalue weighted by Gasteiger charge is 2.24. The molecule has 0 N–H and O–H groups in total. The summed E-state index contributed by atoms with van der Waals surface area (Å²) >= 11 is 3.17. The molecule has 0 saturated heterocycles. The summed E-state index contributed by atoms with van der Waals surface area (Å²) in [5, 5.41) is 1.01. The predicted molar refractivity (Wildman–Crippen MR) is 115 cm³/mol. The molecule has 0 spiro atoms. The molecule has 27 heavy (non-hydrogen) atoms. The van der Waals surface area contributed by atoms with Crippen LogP contribution < -0.4 is 21.8 Å². The summed E-state index contributed by atoms with van der Waals surface area (Å²) in [5.41, 5.74) is 3.59. The Kier molecular flexibility index (Phi) is 5.35. The molecule has 1 aromatic heterocycles. The average molecular weight is 401 g/mol. The van der Waals surface area contributed by atoms with Crippen LogP contribution in [0.1, 0.15) is 40.2 Å². The van der Waals surface area contributed by atoms with Crippen molar-refractivity contribution in [2.24, 2.45) is 0 Å². The highest BCUT2D eigenvalue weighted by Crippen LogP contribution is 2.51. The molecule has 0 saturated carbocycles. The topological polar surface area (TPSA) is 44.0 Å². The fourth-order valence-corrected chi connectivity index (χ4v) is 5.68. The van der Waals surface area contributed by atoms with Crippen molar-refractivity contribution in [2.75, 3.05) is 0 Å². The fraction of sp³-hybridized carbons (Fsp3) is 0.381. The first-order valence-corrected chi connectivity index (χ1v) is 10.6. The summed E-state index contributed by atoms with van der Waals surface area (Å²) in [6.45, 7) is 14.8. The predicted octanol–water partition coefficient (Wildman–Crippen LogP) is 2.88. The quantitative estimate of drug-likeness (QED) is 0.778. The second-order valence-corrected chi connectivity index (χ2v) is 9.74. The van der Waals surface area contributed by atoms with Crippen molar-refractivity contribution in [3.63, 3.8) is 0 Å². The maximum Gasteiger partial charge on any atom is 0.331 e. The first-order valence-electron chi connectivity index (χ1n) is 9.01. The Bertz CT molecular complexity index is 1180. The van der Waals surface area contributed by atoms with Crippen LogP contribution in [-0.2, 0) is 18.5 Å². The van der Waals surface area contributed by atoms with Crippen LogP contribution in [0.15, 0.2) is 44.2 Å². The Morgan fingerprint density at radius 1 is 1.04 bits per heavy atom. The highest BCUT2D eigenvalue weighted by atomic mass is 32.2. The van der Waals surface area contributed by atoms with Gasteiger partial charge in [-0.15, -0.1) is 5.73 Å². The maximum absolute atomic E-state index is 13.1. The van der Waals surface area contributed by atoms with Crippen LogP contribution in [0.25, 0.3) is 9.97 Å². The van der Waals surface area contributed by atoms with Gasteiger partial charge < -0.3 is 0 Å². The van der Waals surface area contributed by atoms with Crippen LogP contribution in [0, 0.1) is 0 Å². The van der Waals surface area contributed by atoms with Crippen LogP contribution in [0.5, 0.6) is 0 Å². The zero-order valence-corrected chi connectivity index (χ0v) is 18.0. The zero-order chi connectivity index (χ0) is 19.9. The molecule has 0 unspecified atom stereocenters. The van der Waals surface area contributed by atoms with Gasteiger partial charge in [0.2, 0.25) is 0 Å². The Morgan fingerprint density at radius 2 is 1.67 bits per heavy atom. The lowest BCUT2D eigenvalue weighted by Gasteiger charge is -2.19. The largest absolute Gasteiger partial charge is 0.331 e. The van der Waals surface area contributed by atoms with Gasteiger partial charge in [0.15, 0.2) is 0 Å². The van der Waals surface area contributed by atoms with E-state index in [0.29, 0.717) is 23.7 Å². The van der Waals surface area contributed by atoms with Crippen molar-refractivity contribution in [3.8, 4) is 0 Å². The highest BCUT2D eigenvalue weighted by molar-refractivity contribution is 8.32. The number of nitrogens with zero attached hydrogens (tertiary/aromatic N) is 2. The molecule has 1 aliphatic rings. The smallest absolute Gasteiger partial charge is 0.286 e. The summed E-state index contributed by atoms with van der Waals surface area (Å²) < 4.78 is 3.75. The molecule has 0 fully saturated rings. The minimum atomic E-state index is -0.305. The van der Waals surface area contributed by atoms with Crippen LogP contribution in [0.4, 0.5) is 0 Å². The molecule has 2 heterocycles. The molecule has 0 aliphatic carbocycles. The van der Waals surface area contributed by atoms with Crippen molar-refractivity contribution in [1.82, 2.24) is 9.13 Å². The van der Waals surface area contributed by atoms with Crippen molar-refractivity contribution < 1.29 is 0 Å². The number of benzene rings is 1. The van der Waals surface area contributed by atoms with Gasteiger partial charge in [0.1, 0.15) is 5.35 Å². The van der Waals surface area contributed by atoms with Crippen molar-refractivity contribution in [1.29, 1.82) is 0 Å². The normalized spacial score (nSPS) is 15.6. The number of hydrogen-bond acceptors (Lipinski definition) is 4. The van der Waals surface area contributed by atoms with E-state index in [2.05, 4.69) is 51.3 Å². The number of aromatic nitrogens is 2. The van der Waals surface area contributed by atoms with Crippen molar-refractivity contribution in [3.05, 3.63) is 61.7 Å². The van der Waals surface area contributed by atoms with Gasteiger partial charge in [0.05, 0.1) is 9.46 Å². The van der Waals surface area contributed by atoms with E-state index in [4.69, 9.17) is 0 Å². The second kappa shape index (κ2) is 7.27. The van der Waals surface area contributed by atoms with Gasteiger partial charge in [-0.25, -0.2) is 4.79 Å². The molecule has 1 aliphatic heterocycles. The summed E-state index contributed by atoms with van der Waals surface area (Å²) in [5.74, 6) is 0. The monoisotopic (exact) mass is 400 g/mol. The Morgan fingerprint density at radius 3 is 2.22 bits per heavy atom. The number of hydrogen-bond donors (Lipinski definition) is 0. The van der Waals surface area contributed by atoms with E-state index in [1.807, 2.05) is 13.8 Å². The van der Waals surface area contributed by atoms with Crippen LogP contribution >= 0.6 is 23.5 Å². The molecule has 3 rings (SSSR count). The molecule has 1 aromatic carbocycles. The number of rotatable bonds is 2. The van der Waals surface area contributed by atoms with E-state index in [9.17, 15) is 9.59 Å². The lowest BCUT2D eigenvalue weighted by Crippen LogP contribution is -2.58. The minimum Gasteiger partial charge on any atom is -0.286 e. The molecular formula is C21H24N2O2S2. The van der Waals surface area contributed by atoms with Gasteiger partial charge in [0, 0.05) is 22.9 Å². The van der Waals surface area contributed by atoms with Gasteiger partial charge in [-0.2, -0.15) is 0 Å². The second-order valence-electron chi connectivity index (χ2n) is 7.38. The molecule has 0 atom stereocenters. The first kappa shape index (κ1) is 19.9. The van der Waals surface area contributed by atoms with E-state index >= 15 is 0 Å². The standard InChI is InChI=1S/C21H24N2O2S2/c1-7-14-17(18(24)23(9-3)20(25)22(14)8-2)19-26-15-11-10-13(21(4,5)6)12-16(15)27-19/h10-12H,1,8-9H2,2-6H3/b19-17+. The summed E-state index contributed by atoms with van der Waals surface area (Å²) in [6.07, 6.45) is 0. The van der Waals surface area contributed by atoms with Crippen LogP contribution in [-0.4, -0.2) is 9.13 Å². The summed E-state index contributed by atoms with van der Waals surface area (Å²) in [6, 6.07) is 6.46. The third-order valence-corrected chi connectivity index (χ3v) is 7.19. The Hall–Kier alpha value is -1.88. The Labute approximate surface area is 167 Å². The van der Waals surface area contributed by atoms with Crippen LogP contribution in [0.3, 0.4) is 0 Å². The Balaban J connectivity index is 2.34. The fourth-order valence-electron chi connectivity index (χ4n) is 3.10. The van der Waals surface area contributed by atoms with E-state index in [1.54, 1.807) is 28.1 Å². The molecule has 0 bridgehead atoms. The zero-order valence-electron chi connectivity index (χ0n) is 16.4. The lowest BCUT2D eigenvalue weighted by molar-refractivity contribution is 0.569. The van der Waals surface area contributed by atoms with E-state index in [1.165, 1.54) is 10.1 Å². The maximum atomic E-state index is 13.1. The molecule has 0 radical (unpaired) electrons. The van der Waals surface area contributed by atoms with Crippen LogP contribution in [0.2, 0.25) is 0 Å². The number of thioether (sulfide) groups is 2. The molecular weight excluding hydrogens is 376 g/mol. The van der Waals surface area contributed by atoms with Gasteiger partial charge >= 0.3 is 5.69 Å². The van der Waals surface area contributed by atoms with E-state index < -0.39 is 0 Å². The lowest BCUT2D eigenvalue weighted by atomic mass is 9.87. The third-order valence-electron chi connectivity index (χ3n) is 4.65. The van der Waals surface area contributed by atoms with Crippen molar-refractivity contribution in [2.45, 2.75) is 62.9 Å². The van der Waals surface area contributed by atoms with Crippen molar-refractivity contribution >= 4 is 33.5 Å². The van der Waals surface area contributed by atoms with E-state index in [0.717, 1.165) is 14.0 Å². The van der Waals surface area contributed by atoms with Gasteiger partial charge in [-0.1, -0.05) is 56.9 Å². The number of fused-ring (bicyclic) bond motifs is 1. The minimum absolute atomic E-state index is 0.0629. The van der Waals surface area contributed by atoms with Gasteiger partial charge in [-0.3, -0.25) is 13.9 Å². The molecule has 4 nitrogen and oxygen atoms in total. The molecule has 0 amide bonds. The molecule has 6 heteroatoms. The summed E-state index contributed by atoms with van der Waals surface area (Å²) in [4.78, 5) is 28.0. The third kappa shape index (κ3) is 3.38.